The molecular formula is C9H11NO6. The van der Waals surface area contributed by atoms with E-state index in [0.717, 1.165) is 0 Å². The van der Waals surface area contributed by atoms with Crippen LogP contribution in [0.15, 0.2) is 12.3 Å². The number of esters is 1. The molecule has 0 aromatic carbocycles. The highest BCUT2D eigenvalue weighted by Gasteiger charge is 2.26. The van der Waals surface area contributed by atoms with Crippen LogP contribution in [0.4, 0.5) is 0 Å². The van der Waals surface area contributed by atoms with Crippen molar-refractivity contribution in [1.29, 1.82) is 0 Å². The number of ether oxygens (including phenoxy) is 1. The van der Waals surface area contributed by atoms with Gasteiger partial charge < -0.3 is 25.0 Å². The molecule has 0 amide bonds. The van der Waals surface area contributed by atoms with Crippen molar-refractivity contribution >= 4 is 11.9 Å². The molecule has 88 valence electrons. The summed E-state index contributed by atoms with van der Waals surface area (Å²) in [5, 5.41) is 27.0. The minimum atomic E-state index is -1.94. The quantitative estimate of drug-likeness (QED) is 0.506. The van der Waals surface area contributed by atoms with E-state index < -0.39 is 24.1 Å². The molecule has 0 saturated carbocycles. The lowest BCUT2D eigenvalue weighted by Gasteiger charge is -2.11. The number of aliphatic hydroxyl groups is 2. The van der Waals surface area contributed by atoms with Gasteiger partial charge in [-0.1, -0.05) is 0 Å². The number of aromatic amines is 1. The highest BCUT2D eigenvalue weighted by molar-refractivity contribution is 5.87. The number of carboxylic acid groups (broad SMARTS) is 1. The molecule has 0 aliphatic heterocycles. The molecule has 0 fully saturated rings. The Morgan fingerprint density at radius 2 is 2.06 bits per heavy atom. The van der Waals surface area contributed by atoms with E-state index >= 15 is 0 Å². The summed E-state index contributed by atoms with van der Waals surface area (Å²) in [5.74, 6) is -2.20. The first-order valence-corrected chi connectivity index (χ1v) is 4.33. The van der Waals surface area contributed by atoms with Crippen molar-refractivity contribution in [3.05, 3.63) is 23.5 Å². The largest absolute Gasteiger partial charge is 0.479 e. The second-order valence-electron chi connectivity index (χ2n) is 3.07. The van der Waals surface area contributed by atoms with Crippen molar-refractivity contribution in [2.24, 2.45) is 0 Å². The predicted molar refractivity (Wildman–Crippen MR) is 50.7 cm³/mol. The van der Waals surface area contributed by atoms with Gasteiger partial charge in [-0.3, -0.25) is 0 Å². The van der Waals surface area contributed by atoms with Crippen LogP contribution in [-0.2, 0) is 9.53 Å². The van der Waals surface area contributed by atoms with Crippen molar-refractivity contribution in [1.82, 2.24) is 4.98 Å². The number of carboxylic acids is 1. The minimum Gasteiger partial charge on any atom is -0.479 e. The van der Waals surface area contributed by atoms with E-state index in [1.807, 2.05) is 0 Å². The summed E-state index contributed by atoms with van der Waals surface area (Å²) < 4.78 is 4.41. The lowest BCUT2D eigenvalue weighted by atomic mass is 10.1. The number of aromatic nitrogens is 1. The van der Waals surface area contributed by atoms with Crippen LogP contribution in [0.2, 0.25) is 0 Å². The highest BCUT2D eigenvalue weighted by atomic mass is 16.5. The zero-order chi connectivity index (χ0) is 12.3. The summed E-state index contributed by atoms with van der Waals surface area (Å²) in [6.07, 6.45) is -2.32. The van der Waals surface area contributed by atoms with Crippen LogP contribution in [0.3, 0.4) is 0 Å². The number of carbonyl (C=O) groups is 2. The molecule has 4 N–H and O–H groups in total. The number of carbonyl (C=O) groups excluding carboxylic acids is 1. The number of nitrogens with one attached hydrogen (secondary N) is 1. The summed E-state index contributed by atoms with van der Waals surface area (Å²) in [4.78, 5) is 23.9. The maximum Gasteiger partial charge on any atom is 0.354 e. The lowest BCUT2D eigenvalue weighted by molar-refractivity contribution is -0.153. The normalized spacial score (nSPS) is 14.2. The number of methoxy groups -OCH3 is 1. The highest BCUT2D eigenvalue weighted by Crippen LogP contribution is 2.18. The number of rotatable bonds is 4. The van der Waals surface area contributed by atoms with Crippen LogP contribution < -0.4 is 0 Å². The fraction of sp³-hybridized carbons (Fsp3) is 0.333. The standard InChI is InChI=1S/C9H11NO6/c1-16-9(15)5-2-4(3-10-5)6(11)7(12)8(13)14/h2-3,6-7,10-12H,1H3,(H,13,14). The van der Waals surface area contributed by atoms with Gasteiger partial charge >= 0.3 is 11.9 Å². The van der Waals surface area contributed by atoms with E-state index in [-0.39, 0.29) is 11.3 Å². The van der Waals surface area contributed by atoms with Gasteiger partial charge in [-0.15, -0.1) is 0 Å². The van der Waals surface area contributed by atoms with E-state index in [1.165, 1.54) is 19.4 Å². The van der Waals surface area contributed by atoms with Gasteiger partial charge in [0.05, 0.1) is 7.11 Å². The SMILES string of the molecule is COC(=O)c1cc(C(O)C(O)C(=O)O)c[nH]1. The van der Waals surface area contributed by atoms with Gasteiger partial charge in [0.1, 0.15) is 11.8 Å². The minimum absolute atomic E-state index is 0.0640. The summed E-state index contributed by atoms with van der Waals surface area (Å²) >= 11 is 0. The molecule has 2 unspecified atom stereocenters. The Bertz CT molecular complexity index is 398. The first-order valence-electron chi connectivity index (χ1n) is 4.33. The zero-order valence-corrected chi connectivity index (χ0v) is 8.38. The van der Waals surface area contributed by atoms with Gasteiger partial charge in [0.15, 0.2) is 6.10 Å². The second kappa shape index (κ2) is 4.77. The van der Waals surface area contributed by atoms with E-state index in [9.17, 15) is 14.7 Å². The molecule has 1 aromatic rings. The van der Waals surface area contributed by atoms with Gasteiger partial charge in [-0.25, -0.2) is 9.59 Å². The molecule has 0 bridgehead atoms. The smallest absolute Gasteiger partial charge is 0.354 e. The van der Waals surface area contributed by atoms with E-state index in [1.54, 1.807) is 0 Å². The maximum atomic E-state index is 11.0. The van der Waals surface area contributed by atoms with Crippen molar-refractivity contribution in [3.8, 4) is 0 Å². The topological polar surface area (TPSA) is 120 Å². The molecule has 0 aliphatic carbocycles. The Labute approximate surface area is 90.3 Å². The summed E-state index contributed by atoms with van der Waals surface area (Å²) in [6, 6.07) is 1.21. The van der Waals surface area contributed by atoms with Gasteiger partial charge in [0.2, 0.25) is 0 Å². The Balaban J connectivity index is 2.85. The first-order chi connectivity index (χ1) is 7.47. The Morgan fingerprint density at radius 3 is 2.56 bits per heavy atom. The van der Waals surface area contributed by atoms with Crippen LogP contribution in [0.5, 0.6) is 0 Å². The maximum absolute atomic E-state index is 11.0. The Morgan fingerprint density at radius 1 is 1.44 bits per heavy atom. The molecule has 1 aromatic heterocycles. The molecule has 0 aliphatic rings. The summed E-state index contributed by atoms with van der Waals surface area (Å²) in [5.41, 5.74) is 0.157. The van der Waals surface area contributed by atoms with Gasteiger partial charge in [0, 0.05) is 11.8 Å². The molecule has 7 heteroatoms. The van der Waals surface area contributed by atoms with Crippen LogP contribution in [0.1, 0.15) is 22.2 Å². The summed E-state index contributed by atoms with van der Waals surface area (Å²) in [7, 11) is 1.19. The molecule has 2 atom stereocenters. The average Bonchev–Trinajstić information content (AvgIpc) is 2.75. The van der Waals surface area contributed by atoms with Crippen LogP contribution >= 0.6 is 0 Å². The third-order valence-corrected chi connectivity index (χ3v) is 2.00. The molecule has 1 rings (SSSR count). The monoisotopic (exact) mass is 229 g/mol. The van der Waals surface area contributed by atoms with Crippen LogP contribution in [0.25, 0.3) is 0 Å². The van der Waals surface area contributed by atoms with Crippen molar-refractivity contribution in [3.63, 3.8) is 0 Å². The van der Waals surface area contributed by atoms with Crippen LogP contribution in [0, 0.1) is 0 Å². The fourth-order valence-electron chi connectivity index (χ4n) is 1.13. The van der Waals surface area contributed by atoms with Crippen LogP contribution in [-0.4, -0.2) is 45.5 Å². The number of H-pyrrole nitrogens is 1. The molecular weight excluding hydrogens is 218 g/mol. The van der Waals surface area contributed by atoms with E-state index in [0.29, 0.717) is 0 Å². The van der Waals surface area contributed by atoms with Gasteiger partial charge in [-0.2, -0.15) is 0 Å². The lowest BCUT2D eigenvalue weighted by Crippen LogP contribution is -2.27. The first kappa shape index (κ1) is 12.2. The van der Waals surface area contributed by atoms with Gasteiger partial charge in [-0.05, 0) is 6.07 Å². The van der Waals surface area contributed by atoms with E-state index in [4.69, 9.17) is 10.2 Å². The number of aliphatic carboxylic acids is 1. The molecule has 0 spiro atoms. The third-order valence-electron chi connectivity index (χ3n) is 2.00. The number of hydrogen-bond donors (Lipinski definition) is 4. The summed E-state index contributed by atoms with van der Waals surface area (Å²) in [6.45, 7) is 0. The second-order valence-corrected chi connectivity index (χ2v) is 3.07. The molecule has 0 radical (unpaired) electrons. The number of aliphatic hydroxyl groups excluding tert-OH is 2. The zero-order valence-electron chi connectivity index (χ0n) is 8.38. The fourth-order valence-corrected chi connectivity index (χ4v) is 1.13. The average molecular weight is 229 g/mol. The predicted octanol–water partition coefficient (Wildman–Crippen LogP) is -0.720. The molecule has 16 heavy (non-hydrogen) atoms. The Hall–Kier alpha value is -1.86. The van der Waals surface area contributed by atoms with E-state index in [2.05, 4.69) is 9.72 Å². The number of hydrogen-bond acceptors (Lipinski definition) is 5. The van der Waals surface area contributed by atoms with Crippen molar-refractivity contribution < 1.29 is 29.6 Å². The Kier molecular flexibility index (Phi) is 3.64. The van der Waals surface area contributed by atoms with Gasteiger partial charge in [0.25, 0.3) is 0 Å². The molecule has 0 saturated heterocycles. The van der Waals surface area contributed by atoms with Crippen molar-refractivity contribution in [2.45, 2.75) is 12.2 Å². The molecule has 7 nitrogen and oxygen atoms in total. The molecule has 1 heterocycles. The third kappa shape index (κ3) is 2.38. The van der Waals surface area contributed by atoms with Crippen molar-refractivity contribution in [2.75, 3.05) is 7.11 Å².